The maximum absolute atomic E-state index is 13.1. The van der Waals surface area contributed by atoms with Crippen molar-refractivity contribution in [1.29, 1.82) is 0 Å². The van der Waals surface area contributed by atoms with E-state index in [1.54, 1.807) is 51.1 Å². The number of aromatic nitrogens is 1. The van der Waals surface area contributed by atoms with Crippen LogP contribution in [0.25, 0.3) is 0 Å². The maximum atomic E-state index is 13.1. The zero-order valence-electron chi connectivity index (χ0n) is 17.8. The van der Waals surface area contributed by atoms with E-state index in [4.69, 9.17) is 4.74 Å². The molecule has 1 amide bonds. The number of pyridine rings is 1. The number of anilines is 1. The Kier molecular flexibility index (Phi) is 6.28. The number of benzene rings is 1. The number of carbonyl (C=O) groups excluding carboxylic acids is 2. The molecule has 9 heteroatoms. The Bertz CT molecular complexity index is 1100. The van der Waals surface area contributed by atoms with Crippen LogP contribution in [-0.4, -0.2) is 44.5 Å². The lowest BCUT2D eigenvalue weighted by Crippen LogP contribution is -2.40. The molecule has 0 saturated heterocycles. The standard InChI is InChI=1S/C22H25N3O5S/c1-22(2,3)24-31(28,29)16-10-11-18(23-14-16)25-13-12-17(20(25)26)19(21(27)30-4)15-8-6-5-7-9-15/h5-12,14,19,24H,13H2,1-4H3. The minimum atomic E-state index is -3.74. The average molecular weight is 444 g/mol. The Hall–Kier alpha value is -3.04. The van der Waals surface area contributed by atoms with Crippen molar-refractivity contribution in [1.82, 2.24) is 9.71 Å². The number of amides is 1. The summed E-state index contributed by atoms with van der Waals surface area (Å²) < 4.78 is 32.4. The maximum Gasteiger partial charge on any atom is 0.317 e. The molecule has 2 heterocycles. The van der Waals surface area contributed by atoms with E-state index in [0.717, 1.165) is 0 Å². The number of methoxy groups -OCH3 is 1. The molecule has 1 N–H and O–H groups in total. The number of ether oxygens (including phenoxy) is 1. The molecule has 1 aromatic carbocycles. The highest BCUT2D eigenvalue weighted by molar-refractivity contribution is 7.89. The average Bonchev–Trinajstić information content (AvgIpc) is 3.08. The van der Waals surface area contributed by atoms with Gasteiger partial charge in [-0.2, -0.15) is 0 Å². The van der Waals surface area contributed by atoms with E-state index in [9.17, 15) is 18.0 Å². The van der Waals surface area contributed by atoms with Gasteiger partial charge in [-0.25, -0.2) is 18.1 Å². The van der Waals surface area contributed by atoms with Gasteiger partial charge in [0, 0.05) is 23.9 Å². The summed E-state index contributed by atoms with van der Waals surface area (Å²) in [4.78, 5) is 31.1. The fraction of sp³-hybridized carbons (Fsp3) is 0.318. The molecule has 0 fully saturated rings. The van der Waals surface area contributed by atoms with Gasteiger partial charge in [-0.1, -0.05) is 36.4 Å². The summed E-state index contributed by atoms with van der Waals surface area (Å²) in [6.07, 6.45) is 2.88. The molecule has 1 atom stereocenters. The van der Waals surface area contributed by atoms with Crippen molar-refractivity contribution in [2.75, 3.05) is 18.6 Å². The van der Waals surface area contributed by atoms with E-state index in [1.807, 2.05) is 6.07 Å². The van der Waals surface area contributed by atoms with Crippen molar-refractivity contribution in [3.05, 3.63) is 65.9 Å². The summed E-state index contributed by atoms with van der Waals surface area (Å²) in [5.41, 5.74) is 0.311. The summed E-state index contributed by atoms with van der Waals surface area (Å²) in [5.74, 6) is -1.47. The highest BCUT2D eigenvalue weighted by Gasteiger charge is 2.36. The molecule has 0 saturated carbocycles. The quantitative estimate of drug-likeness (QED) is 0.687. The third-order valence-corrected chi connectivity index (χ3v) is 6.36. The van der Waals surface area contributed by atoms with E-state index in [2.05, 4.69) is 9.71 Å². The zero-order valence-corrected chi connectivity index (χ0v) is 18.6. The Balaban J connectivity index is 1.84. The first-order chi connectivity index (χ1) is 14.5. The minimum Gasteiger partial charge on any atom is -0.468 e. The number of nitrogens with zero attached hydrogens (tertiary/aromatic N) is 2. The molecule has 1 aliphatic heterocycles. The van der Waals surface area contributed by atoms with Crippen molar-refractivity contribution < 1.29 is 22.7 Å². The normalized spacial score (nSPS) is 15.5. The predicted molar refractivity (Wildman–Crippen MR) is 116 cm³/mol. The van der Waals surface area contributed by atoms with Gasteiger partial charge in [-0.3, -0.25) is 14.5 Å². The molecular formula is C22H25N3O5S. The van der Waals surface area contributed by atoms with E-state index >= 15 is 0 Å². The predicted octanol–water partition coefficient (Wildman–Crippen LogP) is 2.39. The van der Waals surface area contributed by atoms with Gasteiger partial charge < -0.3 is 4.74 Å². The molecule has 1 aromatic heterocycles. The Morgan fingerprint density at radius 1 is 1.16 bits per heavy atom. The Morgan fingerprint density at radius 3 is 2.39 bits per heavy atom. The van der Waals surface area contributed by atoms with E-state index in [1.165, 1.54) is 30.3 Å². The first-order valence-electron chi connectivity index (χ1n) is 9.68. The third kappa shape index (κ3) is 5.00. The Labute approximate surface area is 182 Å². The molecule has 31 heavy (non-hydrogen) atoms. The van der Waals surface area contributed by atoms with Crippen LogP contribution >= 0.6 is 0 Å². The molecule has 1 aliphatic rings. The van der Waals surface area contributed by atoms with E-state index in [-0.39, 0.29) is 17.3 Å². The van der Waals surface area contributed by atoms with Gasteiger partial charge >= 0.3 is 5.97 Å². The van der Waals surface area contributed by atoms with Crippen LogP contribution in [0.15, 0.2) is 65.2 Å². The van der Waals surface area contributed by atoms with E-state index in [0.29, 0.717) is 17.0 Å². The van der Waals surface area contributed by atoms with Crippen molar-refractivity contribution in [2.45, 2.75) is 37.1 Å². The first-order valence-corrected chi connectivity index (χ1v) is 11.2. The second-order valence-corrected chi connectivity index (χ2v) is 9.83. The van der Waals surface area contributed by atoms with Crippen LogP contribution in [0.1, 0.15) is 32.3 Å². The minimum absolute atomic E-state index is 0.00252. The SMILES string of the molecule is COC(=O)C(C1=CCN(c2ccc(S(=O)(=O)NC(C)(C)C)cn2)C1=O)c1ccccc1. The summed E-state index contributed by atoms with van der Waals surface area (Å²) in [5, 5.41) is 0. The number of hydrogen-bond donors (Lipinski definition) is 1. The molecule has 0 spiro atoms. The van der Waals surface area contributed by atoms with Crippen LogP contribution in [0.3, 0.4) is 0 Å². The van der Waals surface area contributed by atoms with Gasteiger partial charge in [-0.05, 0) is 38.5 Å². The first kappa shape index (κ1) is 22.6. The second kappa shape index (κ2) is 8.60. The zero-order chi connectivity index (χ0) is 22.8. The summed E-state index contributed by atoms with van der Waals surface area (Å²) in [6, 6.07) is 11.8. The number of rotatable bonds is 6. The molecule has 0 bridgehead atoms. The van der Waals surface area contributed by atoms with Crippen molar-refractivity contribution in [2.24, 2.45) is 0 Å². The van der Waals surface area contributed by atoms with Gasteiger partial charge in [0.15, 0.2) is 0 Å². The summed E-state index contributed by atoms with van der Waals surface area (Å²) in [7, 11) is -2.46. The molecule has 164 valence electrons. The fourth-order valence-electron chi connectivity index (χ4n) is 3.31. The molecule has 3 rings (SSSR count). The summed E-state index contributed by atoms with van der Waals surface area (Å²) in [6.45, 7) is 5.44. The molecule has 2 aromatic rings. The number of carbonyl (C=O) groups is 2. The van der Waals surface area contributed by atoms with Gasteiger partial charge in [0.2, 0.25) is 10.0 Å². The molecule has 0 aliphatic carbocycles. The van der Waals surface area contributed by atoms with Gasteiger partial charge in [0.05, 0.1) is 7.11 Å². The number of esters is 1. The van der Waals surface area contributed by atoms with Crippen LogP contribution < -0.4 is 9.62 Å². The van der Waals surface area contributed by atoms with Crippen LogP contribution in [-0.2, 0) is 24.3 Å². The van der Waals surface area contributed by atoms with Gasteiger partial charge in [0.1, 0.15) is 16.6 Å². The topological polar surface area (TPSA) is 106 Å². The third-order valence-electron chi connectivity index (χ3n) is 4.61. The number of hydrogen-bond acceptors (Lipinski definition) is 6. The van der Waals surface area contributed by atoms with Crippen LogP contribution in [0.2, 0.25) is 0 Å². The largest absolute Gasteiger partial charge is 0.468 e. The number of sulfonamides is 1. The lowest BCUT2D eigenvalue weighted by atomic mass is 9.91. The molecule has 1 unspecified atom stereocenters. The fourth-order valence-corrected chi connectivity index (χ4v) is 4.68. The molecule has 8 nitrogen and oxygen atoms in total. The second-order valence-electron chi connectivity index (χ2n) is 8.15. The van der Waals surface area contributed by atoms with Gasteiger partial charge in [0.25, 0.3) is 5.91 Å². The smallest absolute Gasteiger partial charge is 0.317 e. The Morgan fingerprint density at radius 2 is 1.84 bits per heavy atom. The van der Waals surface area contributed by atoms with E-state index < -0.39 is 27.4 Å². The lowest BCUT2D eigenvalue weighted by Gasteiger charge is -2.21. The highest BCUT2D eigenvalue weighted by atomic mass is 32.2. The molecular weight excluding hydrogens is 418 g/mol. The van der Waals surface area contributed by atoms with Crippen molar-refractivity contribution in [3.63, 3.8) is 0 Å². The monoisotopic (exact) mass is 443 g/mol. The van der Waals surface area contributed by atoms with Crippen LogP contribution in [0.5, 0.6) is 0 Å². The molecule has 0 radical (unpaired) electrons. The van der Waals surface area contributed by atoms with Crippen LogP contribution in [0.4, 0.5) is 5.82 Å². The highest BCUT2D eigenvalue weighted by Crippen LogP contribution is 2.32. The lowest BCUT2D eigenvalue weighted by molar-refractivity contribution is -0.142. The number of nitrogens with one attached hydrogen (secondary N) is 1. The van der Waals surface area contributed by atoms with Gasteiger partial charge in [-0.15, -0.1) is 0 Å². The van der Waals surface area contributed by atoms with Crippen molar-refractivity contribution in [3.8, 4) is 0 Å². The summed E-state index contributed by atoms with van der Waals surface area (Å²) >= 11 is 0. The van der Waals surface area contributed by atoms with Crippen LogP contribution in [0, 0.1) is 0 Å². The van der Waals surface area contributed by atoms with Crippen molar-refractivity contribution >= 4 is 27.7 Å².